The molecule has 1 nitrogen and oxygen atoms in total. The van der Waals surface area contributed by atoms with Crippen molar-refractivity contribution in [3.05, 3.63) is 12.2 Å². The molecule has 0 aromatic rings. The summed E-state index contributed by atoms with van der Waals surface area (Å²) in [6.45, 7) is 1.81. The van der Waals surface area contributed by atoms with Gasteiger partial charge in [0, 0.05) is 4.75 Å². The highest BCUT2D eigenvalue weighted by atomic mass is 32.2. The molecule has 1 fully saturated rings. The Kier molecular flexibility index (Phi) is 4.33. The number of hydrogen-bond acceptors (Lipinski definition) is 2. The highest BCUT2D eigenvalue weighted by Crippen LogP contribution is 2.39. The molecular weight excluding hydrogens is 180 g/mol. The number of rotatable bonds is 3. The molecule has 0 aromatic carbocycles. The maximum Gasteiger partial charge on any atom is 0.0693 e. The zero-order valence-corrected chi connectivity index (χ0v) is 9.44. The average Bonchev–Trinajstić information content (AvgIpc) is 2.16. The summed E-state index contributed by atoms with van der Waals surface area (Å²) in [4.78, 5) is 0. The van der Waals surface area contributed by atoms with Crippen molar-refractivity contribution in [3.63, 3.8) is 0 Å². The molecule has 1 aliphatic rings. The standard InChI is InChI=1S/C11H20OS/c1-10(12)6-9-11(13-2)7-4-3-5-8-11/h6,9-10,12H,3-5,7-8H2,1-2H3/b9-6+. The Morgan fingerprint density at radius 2 is 1.92 bits per heavy atom. The normalized spacial score (nSPS) is 24.8. The summed E-state index contributed by atoms with van der Waals surface area (Å²) in [5.41, 5.74) is 0. The van der Waals surface area contributed by atoms with Crippen molar-refractivity contribution in [2.24, 2.45) is 0 Å². The molecule has 76 valence electrons. The van der Waals surface area contributed by atoms with Gasteiger partial charge in [-0.1, -0.05) is 31.4 Å². The Bertz CT molecular complexity index is 169. The fourth-order valence-corrected chi connectivity index (χ4v) is 2.82. The molecule has 0 radical (unpaired) electrons. The second-order valence-corrected chi connectivity index (χ2v) is 5.15. The molecule has 1 aliphatic carbocycles. The largest absolute Gasteiger partial charge is 0.389 e. The third-order valence-corrected chi connectivity index (χ3v) is 4.14. The van der Waals surface area contributed by atoms with Gasteiger partial charge in [-0.15, -0.1) is 0 Å². The van der Waals surface area contributed by atoms with Crippen LogP contribution in [0.5, 0.6) is 0 Å². The molecule has 0 saturated heterocycles. The SMILES string of the molecule is CSC1(/C=C/C(C)O)CCCCC1. The minimum atomic E-state index is -0.300. The molecule has 0 spiro atoms. The first kappa shape index (κ1) is 11.1. The minimum absolute atomic E-state index is 0.300. The van der Waals surface area contributed by atoms with Gasteiger partial charge in [-0.25, -0.2) is 0 Å². The van der Waals surface area contributed by atoms with Gasteiger partial charge in [-0.05, 0) is 26.0 Å². The second kappa shape index (κ2) is 5.06. The minimum Gasteiger partial charge on any atom is -0.389 e. The van der Waals surface area contributed by atoms with Gasteiger partial charge in [0.05, 0.1) is 6.10 Å². The predicted molar refractivity (Wildman–Crippen MR) is 60.2 cm³/mol. The van der Waals surface area contributed by atoms with Crippen LogP contribution in [0.15, 0.2) is 12.2 Å². The predicted octanol–water partition coefficient (Wildman–Crippen LogP) is 2.99. The maximum atomic E-state index is 9.20. The average molecular weight is 200 g/mol. The number of aliphatic hydroxyl groups is 1. The highest BCUT2D eigenvalue weighted by Gasteiger charge is 2.27. The third kappa shape index (κ3) is 3.35. The van der Waals surface area contributed by atoms with Gasteiger partial charge in [0.2, 0.25) is 0 Å². The molecule has 1 saturated carbocycles. The highest BCUT2D eigenvalue weighted by molar-refractivity contribution is 8.00. The quantitative estimate of drug-likeness (QED) is 0.707. The van der Waals surface area contributed by atoms with Crippen molar-refractivity contribution >= 4 is 11.8 Å². The monoisotopic (exact) mass is 200 g/mol. The maximum absolute atomic E-state index is 9.20. The summed E-state index contributed by atoms with van der Waals surface area (Å²) in [7, 11) is 0. The van der Waals surface area contributed by atoms with Crippen LogP contribution >= 0.6 is 11.8 Å². The zero-order valence-electron chi connectivity index (χ0n) is 8.62. The Morgan fingerprint density at radius 1 is 1.31 bits per heavy atom. The van der Waals surface area contributed by atoms with Crippen LogP contribution in [0, 0.1) is 0 Å². The molecule has 13 heavy (non-hydrogen) atoms. The van der Waals surface area contributed by atoms with E-state index in [4.69, 9.17) is 0 Å². The molecule has 2 heteroatoms. The lowest BCUT2D eigenvalue weighted by molar-refractivity contribution is 0.243. The van der Waals surface area contributed by atoms with E-state index < -0.39 is 0 Å². The van der Waals surface area contributed by atoms with Crippen LogP contribution in [0.4, 0.5) is 0 Å². The first-order valence-corrected chi connectivity index (χ1v) is 6.34. The summed E-state index contributed by atoms with van der Waals surface area (Å²) < 4.78 is 0.329. The van der Waals surface area contributed by atoms with E-state index >= 15 is 0 Å². The van der Waals surface area contributed by atoms with E-state index in [0.29, 0.717) is 4.75 Å². The fourth-order valence-electron chi connectivity index (χ4n) is 1.90. The van der Waals surface area contributed by atoms with Gasteiger partial charge in [-0.3, -0.25) is 0 Å². The Balaban J connectivity index is 2.57. The summed E-state index contributed by atoms with van der Waals surface area (Å²) in [6.07, 6.45) is 12.6. The topological polar surface area (TPSA) is 20.2 Å². The van der Waals surface area contributed by atoms with Crippen molar-refractivity contribution in [1.29, 1.82) is 0 Å². The van der Waals surface area contributed by atoms with Crippen LogP contribution in [-0.4, -0.2) is 22.2 Å². The summed E-state index contributed by atoms with van der Waals surface area (Å²) in [6, 6.07) is 0. The first-order chi connectivity index (χ1) is 6.18. The summed E-state index contributed by atoms with van der Waals surface area (Å²) in [5.74, 6) is 0. The molecule has 1 rings (SSSR count). The fraction of sp³-hybridized carbons (Fsp3) is 0.818. The van der Waals surface area contributed by atoms with E-state index in [1.807, 2.05) is 24.8 Å². The molecule has 0 aromatic heterocycles. The lowest BCUT2D eigenvalue weighted by Gasteiger charge is -2.33. The van der Waals surface area contributed by atoms with Crippen LogP contribution in [-0.2, 0) is 0 Å². The van der Waals surface area contributed by atoms with Crippen LogP contribution in [0.25, 0.3) is 0 Å². The number of thioether (sulfide) groups is 1. The smallest absolute Gasteiger partial charge is 0.0693 e. The van der Waals surface area contributed by atoms with Crippen molar-refractivity contribution in [2.45, 2.75) is 49.9 Å². The first-order valence-electron chi connectivity index (χ1n) is 5.11. The lowest BCUT2D eigenvalue weighted by Crippen LogP contribution is -2.25. The summed E-state index contributed by atoms with van der Waals surface area (Å²) >= 11 is 1.94. The van der Waals surface area contributed by atoms with Gasteiger partial charge in [-0.2, -0.15) is 11.8 Å². The van der Waals surface area contributed by atoms with Crippen molar-refractivity contribution in [3.8, 4) is 0 Å². The molecule has 1 unspecified atom stereocenters. The van der Waals surface area contributed by atoms with E-state index in [1.54, 1.807) is 0 Å². The van der Waals surface area contributed by atoms with E-state index in [-0.39, 0.29) is 6.10 Å². The van der Waals surface area contributed by atoms with E-state index in [0.717, 1.165) is 0 Å². The molecule has 1 N–H and O–H groups in total. The van der Waals surface area contributed by atoms with Crippen molar-refractivity contribution in [2.75, 3.05) is 6.26 Å². The van der Waals surface area contributed by atoms with Crippen molar-refractivity contribution in [1.82, 2.24) is 0 Å². The molecule has 0 aliphatic heterocycles. The van der Waals surface area contributed by atoms with Gasteiger partial charge in [0.1, 0.15) is 0 Å². The van der Waals surface area contributed by atoms with Crippen LogP contribution in [0.2, 0.25) is 0 Å². The van der Waals surface area contributed by atoms with Gasteiger partial charge in [0.15, 0.2) is 0 Å². The van der Waals surface area contributed by atoms with Gasteiger partial charge >= 0.3 is 0 Å². The number of aliphatic hydroxyl groups excluding tert-OH is 1. The van der Waals surface area contributed by atoms with E-state index in [1.165, 1.54) is 32.1 Å². The van der Waals surface area contributed by atoms with E-state index in [9.17, 15) is 5.11 Å². The van der Waals surface area contributed by atoms with Crippen LogP contribution in [0.3, 0.4) is 0 Å². The van der Waals surface area contributed by atoms with Crippen LogP contribution < -0.4 is 0 Å². The zero-order chi connectivity index (χ0) is 9.73. The van der Waals surface area contributed by atoms with Gasteiger partial charge < -0.3 is 5.11 Å². The third-order valence-electron chi connectivity index (χ3n) is 2.78. The van der Waals surface area contributed by atoms with Gasteiger partial charge in [0.25, 0.3) is 0 Å². The molecule has 0 bridgehead atoms. The Labute approximate surface area is 85.6 Å². The summed E-state index contributed by atoms with van der Waals surface area (Å²) in [5, 5.41) is 9.20. The lowest BCUT2D eigenvalue weighted by atomic mass is 9.88. The molecule has 1 atom stereocenters. The Morgan fingerprint density at radius 3 is 2.38 bits per heavy atom. The molecule has 0 amide bonds. The molecular formula is C11H20OS. The van der Waals surface area contributed by atoms with Crippen molar-refractivity contribution < 1.29 is 5.11 Å². The number of hydrogen-bond donors (Lipinski definition) is 1. The second-order valence-electron chi connectivity index (χ2n) is 3.93. The Hall–Kier alpha value is 0.0500. The van der Waals surface area contributed by atoms with E-state index in [2.05, 4.69) is 12.3 Å². The molecule has 0 heterocycles. The van der Waals surface area contributed by atoms with Crippen LogP contribution in [0.1, 0.15) is 39.0 Å².